The summed E-state index contributed by atoms with van der Waals surface area (Å²) >= 11 is 0. The lowest BCUT2D eigenvalue weighted by molar-refractivity contribution is 0.626. The number of rotatable bonds is 4. The molecule has 0 fully saturated rings. The molecule has 0 saturated carbocycles. The number of aryl methyl sites for hydroxylation is 2. The summed E-state index contributed by atoms with van der Waals surface area (Å²) in [7, 11) is 0. The van der Waals surface area contributed by atoms with E-state index in [1.54, 1.807) is 0 Å². The van der Waals surface area contributed by atoms with Crippen molar-refractivity contribution < 1.29 is 0 Å². The normalized spacial score (nSPS) is 10.4. The van der Waals surface area contributed by atoms with Gasteiger partial charge in [-0.05, 0) is 19.8 Å². The first-order valence-corrected chi connectivity index (χ1v) is 4.25. The van der Waals surface area contributed by atoms with Gasteiger partial charge in [0.1, 0.15) is 0 Å². The van der Waals surface area contributed by atoms with E-state index in [2.05, 4.69) is 24.2 Å². The van der Waals surface area contributed by atoms with E-state index < -0.39 is 0 Å². The van der Waals surface area contributed by atoms with Gasteiger partial charge in [0.05, 0.1) is 5.69 Å². The molecular formula is C8H15N3. The molecule has 0 aliphatic carbocycles. The van der Waals surface area contributed by atoms with Gasteiger partial charge in [0.15, 0.2) is 0 Å². The van der Waals surface area contributed by atoms with Gasteiger partial charge < -0.3 is 0 Å². The molecule has 0 aliphatic rings. The first kappa shape index (κ1) is 8.24. The molecule has 1 aromatic rings. The Balaban J connectivity index is 2.44. The van der Waals surface area contributed by atoms with Crippen LogP contribution in [0.4, 0.5) is 0 Å². The predicted molar refractivity (Wildman–Crippen MR) is 44.3 cm³/mol. The third-order valence-electron chi connectivity index (χ3n) is 1.70. The summed E-state index contributed by atoms with van der Waals surface area (Å²) < 4.78 is 1.87. The summed E-state index contributed by atoms with van der Waals surface area (Å²) in [6.07, 6.45) is 5.52. The Morgan fingerprint density at radius 1 is 1.45 bits per heavy atom. The Morgan fingerprint density at radius 3 is 2.82 bits per heavy atom. The molecule has 0 amide bonds. The average Bonchev–Trinajstić information content (AvgIpc) is 2.48. The highest BCUT2D eigenvalue weighted by molar-refractivity contribution is 4.91. The van der Waals surface area contributed by atoms with Crippen molar-refractivity contribution in [3.8, 4) is 0 Å². The Hall–Kier alpha value is -0.860. The van der Waals surface area contributed by atoms with Gasteiger partial charge in [0.25, 0.3) is 0 Å². The molecule has 0 aliphatic heterocycles. The minimum Gasteiger partial charge on any atom is -0.253 e. The zero-order valence-corrected chi connectivity index (χ0v) is 7.25. The van der Waals surface area contributed by atoms with Crippen LogP contribution >= 0.6 is 0 Å². The quantitative estimate of drug-likeness (QED) is 0.658. The van der Waals surface area contributed by atoms with Crippen molar-refractivity contribution in [3.63, 3.8) is 0 Å². The molecule has 1 heterocycles. The van der Waals surface area contributed by atoms with E-state index in [0.717, 1.165) is 18.7 Å². The SMILES string of the molecule is CCCCc1cn(CC)nn1. The molecular weight excluding hydrogens is 138 g/mol. The maximum atomic E-state index is 4.04. The van der Waals surface area contributed by atoms with Crippen LogP contribution in [0.3, 0.4) is 0 Å². The largest absolute Gasteiger partial charge is 0.253 e. The maximum absolute atomic E-state index is 4.04. The van der Waals surface area contributed by atoms with Gasteiger partial charge in [0.2, 0.25) is 0 Å². The van der Waals surface area contributed by atoms with Crippen molar-refractivity contribution in [1.82, 2.24) is 15.0 Å². The van der Waals surface area contributed by atoms with E-state index in [1.165, 1.54) is 12.8 Å². The second-order valence-corrected chi connectivity index (χ2v) is 2.67. The summed E-state index contributed by atoms with van der Waals surface area (Å²) in [5.41, 5.74) is 1.12. The second-order valence-electron chi connectivity index (χ2n) is 2.67. The summed E-state index contributed by atoms with van der Waals surface area (Å²) in [5, 5.41) is 7.99. The zero-order valence-electron chi connectivity index (χ0n) is 7.25. The molecule has 0 spiro atoms. The van der Waals surface area contributed by atoms with E-state index in [-0.39, 0.29) is 0 Å². The molecule has 1 aromatic heterocycles. The number of nitrogens with zero attached hydrogens (tertiary/aromatic N) is 3. The van der Waals surface area contributed by atoms with E-state index in [4.69, 9.17) is 0 Å². The number of aromatic nitrogens is 3. The van der Waals surface area contributed by atoms with Gasteiger partial charge in [0, 0.05) is 12.7 Å². The smallest absolute Gasteiger partial charge is 0.0827 e. The van der Waals surface area contributed by atoms with Crippen LogP contribution in [-0.4, -0.2) is 15.0 Å². The molecule has 3 nitrogen and oxygen atoms in total. The standard InChI is InChI=1S/C8H15N3/c1-3-5-6-8-7-11(4-2)10-9-8/h7H,3-6H2,1-2H3. The Kier molecular flexibility index (Phi) is 3.08. The van der Waals surface area contributed by atoms with Crippen molar-refractivity contribution in [2.24, 2.45) is 0 Å². The first-order valence-electron chi connectivity index (χ1n) is 4.25. The minimum atomic E-state index is 0.916. The van der Waals surface area contributed by atoms with Crippen LogP contribution in [0.15, 0.2) is 6.20 Å². The van der Waals surface area contributed by atoms with Crippen LogP contribution in [0.2, 0.25) is 0 Å². The third kappa shape index (κ3) is 2.33. The first-order chi connectivity index (χ1) is 5.36. The number of hydrogen-bond donors (Lipinski definition) is 0. The van der Waals surface area contributed by atoms with Crippen LogP contribution in [0, 0.1) is 0 Å². The summed E-state index contributed by atoms with van der Waals surface area (Å²) in [6, 6.07) is 0. The van der Waals surface area contributed by atoms with Crippen LogP contribution in [0.25, 0.3) is 0 Å². The monoisotopic (exact) mass is 153 g/mol. The summed E-state index contributed by atoms with van der Waals surface area (Å²) in [6.45, 7) is 5.17. The zero-order chi connectivity index (χ0) is 8.10. The van der Waals surface area contributed by atoms with Gasteiger partial charge in [-0.3, -0.25) is 4.68 Å². The molecule has 62 valence electrons. The van der Waals surface area contributed by atoms with Crippen LogP contribution in [0.1, 0.15) is 32.4 Å². The molecule has 0 unspecified atom stereocenters. The van der Waals surface area contributed by atoms with Gasteiger partial charge in [-0.25, -0.2) is 0 Å². The molecule has 0 N–H and O–H groups in total. The fraction of sp³-hybridized carbons (Fsp3) is 0.750. The maximum Gasteiger partial charge on any atom is 0.0827 e. The van der Waals surface area contributed by atoms with Crippen molar-refractivity contribution in [3.05, 3.63) is 11.9 Å². The van der Waals surface area contributed by atoms with Crippen LogP contribution in [-0.2, 0) is 13.0 Å². The van der Waals surface area contributed by atoms with Gasteiger partial charge >= 0.3 is 0 Å². The second kappa shape index (κ2) is 4.11. The molecule has 0 bridgehead atoms. The molecule has 0 saturated heterocycles. The predicted octanol–water partition coefficient (Wildman–Crippen LogP) is 1.64. The molecule has 0 atom stereocenters. The van der Waals surface area contributed by atoms with E-state index in [1.807, 2.05) is 10.9 Å². The topological polar surface area (TPSA) is 30.7 Å². The fourth-order valence-electron chi connectivity index (χ4n) is 0.966. The molecule has 11 heavy (non-hydrogen) atoms. The lowest BCUT2D eigenvalue weighted by Gasteiger charge is -1.90. The Bertz CT molecular complexity index is 205. The van der Waals surface area contributed by atoms with Crippen LogP contribution < -0.4 is 0 Å². The highest BCUT2D eigenvalue weighted by Gasteiger charge is 1.96. The van der Waals surface area contributed by atoms with Crippen molar-refractivity contribution in [2.75, 3.05) is 0 Å². The Morgan fingerprint density at radius 2 is 2.27 bits per heavy atom. The van der Waals surface area contributed by atoms with E-state index >= 15 is 0 Å². The number of hydrogen-bond acceptors (Lipinski definition) is 2. The minimum absolute atomic E-state index is 0.916. The third-order valence-corrected chi connectivity index (χ3v) is 1.70. The number of unbranched alkanes of at least 4 members (excludes halogenated alkanes) is 1. The summed E-state index contributed by atoms with van der Waals surface area (Å²) in [5.74, 6) is 0. The van der Waals surface area contributed by atoms with E-state index in [0.29, 0.717) is 0 Å². The van der Waals surface area contributed by atoms with Gasteiger partial charge in [-0.1, -0.05) is 18.6 Å². The molecule has 3 heteroatoms. The lowest BCUT2D eigenvalue weighted by Crippen LogP contribution is -1.93. The molecule has 1 rings (SSSR count). The van der Waals surface area contributed by atoms with Crippen LogP contribution in [0.5, 0.6) is 0 Å². The molecule has 0 radical (unpaired) electrons. The lowest BCUT2D eigenvalue weighted by atomic mass is 10.2. The van der Waals surface area contributed by atoms with Gasteiger partial charge in [-0.15, -0.1) is 5.10 Å². The highest BCUT2D eigenvalue weighted by atomic mass is 15.4. The van der Waals surface area contributed by atoms with E-state index in [9.17, 15) is 0 Å². The highest BCUT2D eigenvalue weighted by Crippen LogP contribution is 1.99. The average molecular weight is 153 g/mol. The molecule has 0 aromatic carbocycles. The summed E-state index contributed by atoms with van der Waals surface area (Å²) in [4.78, 5) is 0. The van der Waals surface area contributed by atoms with Crippen molar-refractivity contribution in [2.45, 2.75) is 39.7 Å². The van der Waals surface area contributed by atoms with Gasteiger partial charge in [-0.2, -0.15) is 0 Å². The fourth-order valence-corrected chi connectivity index (χ4v) is 0.966. The Labute approximate surface area is 67.4 Å². The van der Waals surface area contributed by atoms with Crippen molar-refractivity contribution >= 4 is 0 Å². The van der Waals surface area contributed by atoms with Crippen molar-refractivity contribution in [1.29, 1.82) is 0 Å².